The molecule has 1 aromatic carbocycles. The quantitative estimate of drug-likeness (QED) is 0.758. The topological polar surface area (TPSA) is 66.4 Å². The summed E-state index contributed by atoms with van der Waals surface area (Å²) in [7, 11) is 0. The first-order valence-electron chi connectivity index (χ1n) is 5.96. The Labute approximate surface area is 107 Å². The maximum atomic E-state index is 11.4. The van der Waals surface area contributed by atoms with E-state index in [4.69, 9.17) is 5.11 Å². The molecule has 4 nitrogen and oxygen atoms in total. The zero-order valence-corrected chi connectivity index (χ0v) is 10.8. The molecule has 0 bridgehead atoms. The highest BCUT2D eigenvalue weighted by atomic mass is 16.4. The van der Waals surface area contributed by atoms with Crippen molar-refractivity contribution in [3.63, 3.8) is 0 Å². The number of amides is 1. The van der Waals surface area contributed by atoms with Crippen molar-refractivity contribution >= 4 is 11.9 Å². The van der Waals surface area contributed by atoms with Gasteiger partial charge < -0.3 is 10.4 Å². The zero-order chi connectivity index (χ0) is 13.6. The van der Waals surface area contributed by atoms with Crippen molar-refractivity contribution in [3.05, 3.63) is 35.9 Å². The molecule has 1 amide bonds. The van der Waals surface area contributed by atoms with Crippen molar-refractivity contribution in [1.29, 1.82) is 0 Å². The van der Waals surface area contributed by atoms with Crippen molar-refractivity contribution < 1.29 is 14.7 Å². The third kappa shape index (κ3) is 5.48. The molecule has 98 valence electrons. The summed E-state index contributed by atoms with van der Waals surface area (Å²) in [5.74, 6) is -1.55. The standard InChI is InChI=1S/C14H19NO3/c1-14(2,15-12(16)10-13(17)18)9-8-11-6-4-3-5-7-11/h3-7H,8-10H2,1-2H3,(H,15,16)(H,17,18). The molecule has 0 fully saturated rings. The Kier molecular flexibility index (Phi) is 4.89. The summed E-state index contributed by atoms with van der Waals surface area (Å²) < 4.78 is 0. The average molecular weight is 249 g/mol. The van der Waals surface area contributed by atoms with Gasteiger partial charge in [0.25, 0.3) is 0 Å². The van der Waals surface area contributed by atoms with E-state index in [0.29, 0.717) is 0 Å². The second-order valence-corrected chi connectivity index (χ2v) is 4.99. The van der Waals surface area contributed by atoms with Crippen LogP contribution in [0.4, 0.5) is 0 Å². The summed E-state index contributed by atoms with van der Waals surface area (Å²) in [4.78, 5) is 21.8. The van der Waals surface area contributed by atoms with Gasteiger partial charge in [0, 0.05) is 5.54 Å². The first-order valence-corrected chi connectivity index (χ1v) is 5.96. The van der Waals surface area contributed by atoms with E-state index < -0.39 is 23.8 Å². The first-order chi connectivity index (χ1) is 8.39. The van der Waals surface area contributed by atoms with Crippen LogP contribution in [0.5, 0.6) is 0 Å². The first kappa shape index (κ1) is 14.2. The number of hydrogen-bond acceptors (Lipinski definition) is 2. The predicted molar refractivity (Wildman–Crippen MR) is 69.2 cm³/mol. The SMILES string of the molecule is CC(C)(CCc1ccccc1)NC(=O)CC(=O)O. The molecular weight excluding hydrogens is 230 g/mol. The highest BCUT2D eigenvalue weighted by Gasteiger charge is 2.21. The van der Waals surface area contributed by atoms with Crippen molar-refractivity contribution in [2.75, 3.05) is 0 Å². The van der Waals surface area contributed by atoms with Crippen LogP contribution in [0.25, 0.3) is 0 Å². The van der Waals surface area contributed by atoms with Crippen LogP contribution in [-0.2, 0) is 16.0 Å². The lowest BCUT2D eigenvalue weighted by Gasteiger charge is -2.26. The van der Waals surface area contributed by atoms with Gasteiger partial charge in [0.05, 0.1) is 0 Å². The van der Waals surface area contributed by atoms with E-state index in [2.05, 4.69) is 5.32 Å². The fraction of sp³-hybridized carbons (Fsp3) is 0.429. The van der Waals surface area contributed by atoms with Gasteiger partial charge in [0.15, 0.2) is 0 Å². The molecule has 0 aromatic heterocycles. The molecule has 4 heteroatoms. The Hall–Kier alpha value is -1.84. The van der Waals surface area contributed by atoms with E-state index in [-0.39, 0.29) is 0 Å². The molecule has 0 spiro atoms. The number of aliphatic carboxylic acids is 1. The van der Waals surface area contributed by atoms with Gasteiger partial charge in [-0.15, -0.1) is 0 Å². The smallest absolute Gasteiger partial charge is 0.312 e. The molecule has 0 aliphatic heterocycles. The highest BCUT2D eigenvalue weighted by molar-refractivity contribution is 5.93. The van der Waals surface area contributed by atoms with Gasteiger partial charge >= 0.3 is 5.97 Å². The largest absolute Gasteiger partial charge is 0.481 e. The normalized spacial score (nSPS) is 11.0. The second-order valence-electron chi connectivity index (χ2n) is 4.99. The van der Waals surface area contributed by atoms with Gasteiger partial charge in [-0.25, -0.2) is 0 Å². The summed E-state index contributed by atoms with van der Waals surface area (Å²) in [5, 5.41) is 11.3. The molecule has 0 aliphatic carbocycles. The minimum Gasteiger partial charge on any atom is -0.481 e. The number of carbonyl (C=O) groups excluding carboxylic acids is 1. The van der Waals surface area contributed by atoms with E-state index in [1.165, 1.54) is 5.56 Å². The Morgan fingerprint density at radius 3 is 2.39 bits per heavy atom. The molecule has 0 heterocycles. The number of aryl methyl sites for hydroxylation is 1. The van der Waals surface area contributed by atoms with Gasteiger partial charge in [-0.1, -0.05) is 30.3 Å². The van der Waals surface area contributed by atoms with Crippen LogP contribution in [0, 0.1) is 0 Å². The van der Waals surface area contributed by atoms with Gasteiger partial charge in [-0.3, -0.25) is 9.59 Å². The number of carboxylic acids is 1. The van der Waals surface area contributed by atoms with Gasteiger partial charge in [0.2, 0.25) is 5.91 Å². The molecule has 18 heavy (non-hydrogen) atoms. The van der Waals surface area contributed by atoms with Gasteiger partial charge in [-0.05, 0) is 32.3 Å². The third-order valence-corrected chi connectivity index (χ3v) is 2.67. The maximum absolute atomic E-state index is 11.4. The lowest BCUT2D eigenvalue weighted by molar-refractivity contribution is -0.141. The van der Waals surface area contributed by atoms with Crippen LogP contribution in [0.2, 0.25) is 0 Å². The Morgan fingerprint density at radius 2 is 1.83 bits per heavy atom. The number of nitrogens with one attached hydrogen (secondary N) is 1. The van der Waals surface area contributed by atoms with Crippen LogP contribution in [0.3, 0.4) is 0 Å². The van der Waals surface area contributed by atoms with Crippen molar-refractivity contribution in [2.45, 2.75) is 38.6 Å². The summed E-state index contributed by atoms with van der Waals surface area (Å²) in [6.07, 6.45) is 1.14. The van der Waals surface area contributed by atoms with Crippen molar-refractivity contribution in [2.24, 2.45) is 0 Å². The predicted octanol–water partition coefficient (Wildman–Crippen LogP) is 1.99. The van der Waals surface area contributed by atoms with E-state index >= 15 is 0 Å². The zero-order valence-electron chi connectivity index (χ0n) is 10.8. The molecule has 0 aliphatic rings. The monoisotopic (exact) mass is 249 g/mol. The molecule has 0 atom stereocenters. The minimum atomic E-state index is -1.11. The summed E-state index contributed by atoms with van der Waals surface area (Å²) in [6.45, 7) is 3.80. The van der Waals surface area contributed by atoms with Crippen LogP contribution in [-0.4, -0.2) is 22.5 Å². The van der Waals surface area contributed by atoms with Crippen LogP contribution in [0.1, 0.15) is 32.3 Å². The highest BCUT2D eigenvalue weighted by Crippen LogP contribution is 2.13. The molecule has 0 radical (unpaired) electrons. The Balaban J connectivity index is 2.44. The molecular formula is C14H19NO3. The van der Waals surface area contributed by atoms with Crippen molar-refractivity contribution in [1.82, 2.24) is 5.32 Å². The summed E-state index contributed by atoms with van der Waals surface area (Å²) >= 11 is 0. The molecule has 1 rings (SSSR count). The summed E-state index contributed by atoms with van der Waals surface area (Å²) in [6, 6.07) is 9.99. The Bertz CT molecular complexity index is 412. The molecule has 2 N–H and O–H groups in total. The minimum absolute atomic E-state index is 0.400. The molecule has 0 unspecified atom stereocenters. The number of carbonyl (C=O) groups is 2. The number of benzene rings is 1. The number of hydrogen-bond donors (Lipinski definition) is 2. The van der Waals surface area contributed by atoms with Gasteiger partial charge in [0.1, 0.15) is 6.42 Å². The van der Waals surface area contributed by atoms with Crippen LogP contribution >= 0.6 is 0 Å². The fourth-order valence-corrected chi connectivity index (χ4v) is 1.72. The second kappa shape index (κ2) is 6.19. The molecule has 0 saturated carbocycles. The van der Waals surface area contributed by atoms with E-state index in [1.807, 2.05) is 44.2 Å². The lowest BCUT2D eigenvalue weighted by Crippen LogP contribution is -2.44. The van der Waals surface area contributed by atoms with E-state index in [1.54, 1.807) is 0 Å². The maximum Gasteiger partial charge on any atom is 0.312 e. The Morgan fingerprint density at radius 1 is 1.22 bits per heavy atom. The van der Waals surface area contributed by atoms with E-state index in [0.717, 1.165) is 12.8 Å². The van der Waals surface area contributed by atoms with Crippen LogP contribution in [0.15, 0.2) is 30.3 Å². The number of rotatable bonds is 6. The number of carboxylic acid groups (broad SMARTS) is 1. The molecule has 1 aromatic rings. The fourth-order valence-electron chi connectivity index (χ4n) is 1.72. The van der Waals surface area contributed by atoms with Gasteiger partial charge in [-0.2, -0.15) is 0 Å². The average Bonchev–Trinajstić information content (AvgIpc) is 2.26. The third-order valence-electron chi connectivity index (χ3n) is 2.67. The lowest BCUT2D eigenvalue weighted by atomic mass is 9.95. The van der Waals surface area contributed by atoms with Crippen molar-refractivity contribution in [3.8, 4) is 0 Å². The van der Waals surface area contributed by atoms with Crippen LogP contribution < -0.4 is 5.32 Å². The summed E-state index contributed by atoms with van der Waals surface area (Å²) in [5.41, 5.74) is 0.806. The molecule has 0 saturated heterocycles. The van der Waals surface area contributed by atoms with E-state index in [9.17, 15) is 9.59 Å².